The number of hydrogen-bond acceptors (Lipinski definition) is 3. The van der Waals surface area contributed by atoms with Crippen LogP contribution in [0.3, 0.4) is 0 Å². The summed E-state index contributed by atoms with van der Waals surface area (Å²) in [5.41, 5.74) is 18.8. The van der Waals surface area contributed by atoms with Gasteiger partial charge in [-0.2, -0.15) is 10.5 Å². The van der Waals surface area contributed by atoms with Crippen molar-refractivity contribution in [2.24, 2.45) is 0 Å². The Morgan fingerprint density at radius 1 is 0.468 bits per heavy atom. The van der Waals surface area contributed by atoms with E-state index >= 15 is 0 Å². The third-order valence-corrected chi connectivity index (χ3v) is 13.7. The molecule has 0 radical (unpaired) electrons. The minimum atomic E-state index is -0.531. The summed E-state index contributed by atoms with van der Waals surface area (Å²) in [7, 11) is 0. The Balaban J connectivity index is 1.13. The van der Waals surface area contributed by atoms with Crippen molar-refractivity contribution in [3.63, 3.8) is 0 Å². The van der Waals surface area contributed by atoms with Crippen molar-refractivity contribution < 1.29 is 0 Å². The molecule has 0 bridgehead atoms. The number of nitrogens with zero attached hydrogens (tertiary/aromatic N) is 5. The van der Waals surface area contributed by atoms with E-state index in [1.807, 2.05) is 24.4 Å². The van der Waals surface area contributed by atoms with Gasteiger partial charge in [-0.1, -0.05) is 121 Å². The topological polar surface area (TPSA) is 70.3 Å². The summed E-state index contributed by atoms with van der Waals surface area (Å²) < 4.78 is 4.35. The first-order chi connectivity index (χ1) is 30.6. The second-order valence-corrected chi connectivity index (χ2v) is 16.5. The monoisotopic (exact) mass is 787 g/mol. The van der Waals surface area contributed by atoms with Crippen molar-refractivity contribution in [1.82, 2.24) is 14.1 Å². The van der Waals surface area contributed by atoms with Crippen LogP contribution in [0.5, 0.6) is 0 Å². The zero-order chi connectivity index (χ0) is 41.3. The second-order valence-electron chi connectivity index (χ2n) is 16.5. The molecule has 2 aliphatic rings. The number of para-hydroxylation sites is 1. The molecule has 286 valence electrons. The van der Waals surface area contributed by atoms with Crippen molar-refractivity contribution in [2.45, 2.75) is 12.3 Å². The molecule has 0 N–H and O–H groups in total. The maximum atomic E-state index is 11.5. The van der Waals surface area contributed by atoms with Gasteiger partial charge in [-0.25, -0.2) is 0 Å². The molecule has 13 rings (SSSR count). The minimum absolute atomic E-state index is 0.416. The lowest BCUT2D eigenvalue weighted by Gasteiger charge is -2.30. The molecule has 0 saturated carbocycles. The standard InChI is InChI=1S/C57H33N5/c1-34-12-2-3-13-37(34)35-22-24-52-43(28-35)46-33-60-27-26-54(46)62(52)56-36(31-58)23-25-53(45(56)32-59)61-51-21-11-7-17-41(51)44-29-42-40-16-6-10-20-49(40)57(50(42)30-55(44)61)47-18-8-4-14-38(47)39-15-5-9-19-48(39)57/h2-30,33H,1H3. The van der Waals surface area contributed by atoms with E-state index < -0.39 is 5.41 Å². The number of hydrogen-bond donors (Lipinski definition) is 0. The average molecular weight is 788 g/mol. The van der Waals surface area contributed by atoms with Gasteiger partial charge in [0.2, 0.25) is 0 Å². The molecule has 2 aliphatic carbocycles. The summed E-state index contributed by atoms with van der Waals surface area (Å²) in [5, 5.41) is 26.5. The molecule has 8 aromatic carbocycles. The van der Waals surface area contributed by atoms with Crippen LogP contribution in [0.15, 0.2) is 182 Å². The number of aryl methyl sites for hydroxylation is 1. The van der Waals surface area contributed by atoms with E-state index in [4.69, 9.17) is 0 Å². The number of aromatic nitrogens is 3. The highest BCUT2D eigenvalue weighted by molar-refractivity contribution is 6.14. The zero-order valence-corrected chi connectivity index (χ0v) is 33.6. The molecule has 62 heavy (non-hydrogen) atoms. The minimum Gasteiger partial charge on any atom is -0.308 e. The van der Waals surface area contributed by atoms with Gasteiger partial charge in [0.25, 0.3) is 0 Å². The van der Waals surface area contributed by atoms with Crippen LogP contribution in [-0.2, 0) is 5.41 Å². The Morgan fingerprint density at radius 3 is 1.79 bits per heavy atom. The molecule has 0 unspecified atom stereocenters. The van der Waals surface area contributed by atoms with Gasteiger partial charge >= 0.3 is 0 Å². The maximum absolute atomic E-state index is 11.5. The highest BCUT2D eigenvalue weighted by atomic mass is 15.0. The summed E-state index contributed by atoms with van der Waals surface area (Å²) >= 11 is 0. The molecule has 5 heteroatoms. The number of nitriles is 2. The first-order valence-electron chi connectivity index (χ1n) is 20.9. The lowest BCUT2D eigenvalue weighted by Crippen LogP contribution is -2.25. The van der Waals surface area contributed by atoms with Crippen LogP contribution < -0.4 is 0 Å². The van der Waals surface area contributed by atoms with Crippen molar-refractivity contribution in [2.75, 3.05) is 0 Å². The van der Waals surface area contributed by atoms with E-state index in [1.165, 1.54) is 50.1 Å². The predicted octanol–water partition coefficient (Wildman–Crippen LogP) is 13.3. The van der Waals surface area contributed by atoms with Crippen LogP contribution in [0, 0.1) is 29.6 Å². The maximum Gasteiger partial charge on any atom is 0.104 e. The molecule has 0 fully saturated rings. The number of benzene rings is 8. The molecule has 0 amide bonds. The van der Waals surface area contributed by atoms with Gasteiger partial charge in [0.1, 0.15) is 17.7 Å². The van der Waals surface area contributed by atoms with Crippen molar-refractivity contribution in [3.05, 3.63) is 221 Å². The van der Waals surface area contributed by atoms with Gasteiger partial charge < -0.3 is 9.13 Å². The Bertz CT molecular complexity index is 3820. The van der Waals surface area contributed by atoms with E-state index in [9.17, 15) is 10.5 Å². The Morgan fingerprint density at radius 2 is 1.08 bits per heavy atom. The van der Waals surface area contributed by atoms with Gasteiger partial charge in [-0.15, -0.1) is 0 Å². The van der Waals surface area contributed by atoms with Crippen LogP contribution in [-0.4, -0.2) is 14.1 Å². The van der Waals surface area contributed by atoms with E-state index in [0.29, 0.717) is 22.5 Å². The molecule has 11 aromatic rings. The van der Waals surface area contributed by atoms with Crippen molar-refractivity contribution in [1.29, 1.82) is 10.5 Å². The van der Waals surface area contributed by atoms with E-state index in [2.05, 4.69) is 185 Å². The summed E-state index contributed by atoms with van der Waals surface area (Å²) in [5.74, 6) is 0. The molecule has 0 aliphatic heterocycles. The first kappa shape index (κ1) is 34.4. The first-order valence-corrected chi connectivity index (χ1v) is 20.9. The average Bonchev–Trinajstić information content (AvgIpc) is 4.02. The van der Waals surface area contributed by atoms with Crippen molar-refractivity contribution in [3.8, 4) is 56.9 Å². The molecular weight excluding hydrogens is 755 g/mol. The number of fused-ring (bicyclic) bond motifs is 16. The highest BCUT2D eigenvalue weighted by Gasteiger charge is 2.51. The fourth-order valence-electron chi connectivity index (χ4n) is 11.2. The Labute approximate surface area is 357 Å². The quantitative estimate of drug-likeness (QED) is 0.179. The summed E-state index contributed by atoms with van der Waals surface area (Å²) in [6.07, 6.45) is 3.67. The number of pyridine rings is 1. The van der Waals surface area contributed by atoms with Crippen LogP contribution >= 0.6 is 0 Å². The van der Waals surface area contributed by atoms with E-state index in [-0.39, 0.29) is 0 Å². The number of rotatable bonds is 3. The van der Waals surface area contributed by atoms with E-state index in [0.717, 1.165) is 54.7 Å². The molecule has 0 atom stereocenters. The summed E-state index contributed by atoms with van der Waals surface area (Å²) in [4.78, 5) is 4.56. The largest absolute Gasteiger partial charge is 0.308 e. The van der Waals surface area contributed by atoms with Crippen molar-refractivity contribution >= 4 is 43.6 Å². The SMILES string of the molecule is Cc1ccccc1-c1ccc2c(c1)c1cnccc1n2-c1c(C#N)ccc(-n2c3ccccc3c3cc4c(cc32)C2(c3ccccc3-c3ccccc32)c2ccccc2-4)c1C#N. The molecule has 3 heterocycles. The van der Waals surface area contributed by atoms with E-state index in [1.54, 1.807) is 6.20 Å². The Hall–Kier alpha value is -8.51. The van der Waals surface area contributed by atoms with Crippen LogP contribution in [0.4, 0.5) is 0 Å². The van der Waals surface area contributed by atoms with Gasteiger partial charge in [-0.05, 0) is 117 Å². The zero-order valence-electron chi connectivity index (χ0n) is 33.6. The Kier molecular flexibility index (Phi) is 6.93. The molecule has 0 saturated heterocycles. The lowest BCUT2D eigenvalue weighted by molar-refractivity contribution is 0.794. The highest BCUT2D eigenvalue weighted by Crippen LogP contribution is 2.63. The summed E-state index contributed by atoms with van der Waals surface area (Å²) in [6.45, 7) is 2.13. The molecular formula is C57H33N5. The molecule has 5 nitrogen and oxygen atoms in total. The third-order valence-electron chi connectivity index (χ3n) is 13.7. The second kappa shape index (κ2) is 12.5. The van der Waals surface area contributed by atoms with Gasteiger partial charge in [-0.3, -0.25) is 4.98 Å². The lowest BCUT2D eigenvalue weighted by atomic mass is 9.70. The van der Waals surface area contributed by atoms with Gasteiger partial charge in [0.15, 0.2) is 0 Å². The smallest absolute Gasteiger partial charge is 0.104 e. The van der Waals surface area contributed by atoms with Gasteiger partial charge in [0, 0.05) is 33.9 Å². The predicted molar refractivity (Wildman–Crippen MR) is 249 cm³/mol. The van der Waals surface area contributed by atoms with Crippen LogP contribution in [0.25, 0.3) is 88.4 Å². The normalized spacial score (nSPS) is 13.0. The molecule has 3 aromatic heterocycles. The summed E-state index contributed by atoms with van der Waals surface area (Å²) in [6, 6.07) is 65.6. The third kappa shape index (κ3) is 4.26. The van der Waals surface area contributed by atoms with Crippen LogP contribution in [0.2, 0.25) is 0 Å². The fourth-order valence-corrected chi connectivity index (χ4v) is 11.2. The van der Waals surface area contributed by atoms with Crippen LogP contribution in [0.1, 0.15) is 38.9 Å². The van der Waals surface area contributed by atoms with Gasteiger partial charge in [0.05, 0.1) is 44.4 Å². The molecule has 1 spiro atoms. The fraction of sp³-hybridized carbons (Fsp3) is 0.0351.